The molecule has 6 heteroatoms. The van der Waals surface area contributed by atoms with E-state index in [-0.39, 0.29) is 5.70 Å². The van der Waals surface area contributed by atoms with Crippen molar-refractivity contribution < 1.29 is 19.5 Å². The van der Waals surface area contributed by atoms with E-state index in [2.05, 4.69) is 10.6 Å². The van der Waals surface area contributed by atoms with Crippen LogP contribution in [0.4, 0.5) is 0 Å². The first kappa shape index (κ1) is 15.4. The summed E-state index contributed by atoms with van der Waals surface area (Å²) in [4.78, 5) is 33.8. The second-order valence-electron chi connectivity index (χ2n) is 4.18. The Labute approximate surface area is 116 Å². The summed E-state index contributed by atoms with van der Waals surface area (Å²) in [6.45, 7) is 2.61. The molecule has 0 saturated carbocycles. The van der Waals surface area contributed by atoms with E-state index in [0.29, 0.717) is 0 Å². The van der Waals surface area contributed by atoms with Gasteiger partial charge in [0.25, 0.3) is 5.91 Å². The summed E-state index contributed by atoms with van der Waals surface area (Å²) in [6.07, 6.45) is 1.48. The smallest absolute Gasteiger partial charge is 0.325 e. The second-order valence-corrected chi connectivity index (χ2v) is 4.18. The SMILES string of the molecule is CC(=O)N/C(=C/c1ccccc1)C(=O)NC(C)C(=O)O. The lowest BCUT2D eigenvalue weighted by atomic mass is 10.2. The molecular formula is C14H16N2O4. The predicted octanol–water partition coefficient (Wildman–Crippen LogP) is 0.753. The Balaban J connectivity index is 2.95. The average Bonchev–Trinajstić information content (AvgIpc) is 2.38. The van der Waals surface area contributed by atoms with Crippen LogP contribution in [0.25, 0.3) is 6.08 Å². The number of hydrogen-bond donors (Lipinski definition) is 3. The molecule has 0 heterocycles. The van der Waals surface area contributed by atoms with E-state index in [4.69, 9.17) is 5.11 Å². The molecule has 0 bridgehead atoms. The monoisotopic (exact) mass is 276 g/mol. The number of carboxylic acid groups (broad SMARTS) is 1. The molecule has 0 aliphatic carbocycles. The maximum absolute atomic E-state index is 11.9. The lowest BCUT2D eigenvalue weighted by Gasteiger charge is -2.12. The van der Waals surface area contributed by atoms with Gasteiger partial charge in [0.05, 0.1) is 0 Å². The molecule has 1 aromatic carbocycles. The van der Waals surface area contributed by atoms with Gasteiger partial charge >= 0.3 is 5.97 Å². The predicted molar refractivity (Wildman–Crippen MR) is 73.5 cm³/mol. The molecule has 1 rings (SSSR count). The van der Waals surface area contributed by atoms with Crippen LogP contribution < -0.4 is 10.6 Å². The van der Waals surface area contributed by atoms with E-state index >= 15 is 0 Å². The van der Waals surface area contributed by atoms with Gasteiger partial charge in [0.2, 0.25) is 5.91 Å². The van der Waals surface area contributed by atoms with Gasteiger partial charge in [0.15, 0.2) is 0 Å². The van der Waals surface area contributed by atoms with E-state index < -0.39 is 23.8 Å². The van der Waals surface area contributed by atoms with Gasteiger partial charge in [0, 0.05) is 6.92 Å². The Morgan fingerprint density at radius 1 is 1.20 bits per heavy atom. The Kier molecular flexibility index (Phi) is 5.46. The van der Waals surface area contributed by atoms with Crippen molar-refractivity contribution in [2.24, 2.45) is 0 Å². The van der Waals surface area contributed by atoms with E-state index in [1.54, 1.807) is 24.3 Å². The second kappa shape index (κ2) is 7.08. The van der Waals surface area contributed by atoms with Crippen molar-refractivity contribution in [2.75, 3.05) is 0 Å². The third kappa shape index (κ3) is 4.93. The number of carbonyl (C=O) groups is 3. The van der Waals surface area contributed by atoms with Crippen LogP contribution in [0.15, 0.2) is 36.0 Å². The minimum Gasteiger partial charge on any atom is -0.480 e. The largest absolute Gasteiger partial charge is 0.480 e. The summed E-state index contributed by atoms with van der Waals surface area (Å²) in [7, 11) is 0. The van der Waals surface area contributed by atoms with Gasteiger partial charge < -0.3 is 15.7 Å². The highest BCUT2D eigenvalue weighted by Gasteiger charge is 2.17. The molecule has 0 saturated heterocycles. The minimum absolute atomic E-state index is 0.00296. The molecule has 1 aromatic rings. The molecule has 0 fully saturated rings. The molecule has 0 aromatic heterocycles. The Morgan fingerprint density at radius 3 is 2.30 bits per heavy atom. The van der Waals surface area contributed by atoms with Crippen molar-refractivity contribution in [3.8, 4) is 0 Å². The van der Waals surface area contributed by atoms with E-state index in [1.807, 2.05) is 6.07 Å². The van der Waals surface area contributed by atoms with Crippen molar-refractivity contribution in [3.05, 3.63) is 41.6 Å². The third-order valence-electron chi connectivity index (χ3n) is 2.38. The Bertz CT molecular complexity index is 537. The number of nitrogens with one attached hydrogen (secondary N) is 2. The van der Waals surface area contributed by atoms with Crippen LogP contribution in [0, 0.1) is 0 Å². The molecule has 1 unspecified atom stereocenters. The molecular weight excluding hydrogens is 260 g/mol. The van der Waals surface area contributed by atoms with Gasteiger partial charge in [-0.15, -0.1) is 0 Å². The maximum atomic E-state index is 11.9. The summed E-state index contributed by atoms with van der Waals surface area (Å²) >= 11 is 0. The van der Waals surface area contributed by atoms with E-state index in [1.165, 1.54) is 19.9 Å². The summed E-state index contributed by atoms with van der Waals surface area (Å²) in [5.41, 5.74) is 0.714. The first-order valence-electron chi connectivity index (χ1n) is 5.98. The maximum Gasteiger partial charge on any atom is 0.325 e. The fraction of sp³-hybridized carbons (Fsp3) is 0.214. The zero-order valence-corrected chi connectivity index (χ0v) is 11.2. The number of rotatable bonds is 5. The van der Waals surface area contributed by atoms with E-state index in [0.717, 1.165) is 5.56 Å². The van der Waals surface area contributed by atoms with Gasteiger partial charge in [-0.25, -0.2) is 0 Å². The molecule has 20 heavy (non-hydrogen) atoms. The van der Waals surface area contributed by atoms with Crippen LogP contribution in [0.5, 0.6) is 0 Å². The normalized spacial score (nSPS) is 12.4. The zero-order chi connectivity index (χ0) is 15.1. The fourth-order valence-electron chi connectivity index (χ4n) is 1.40. The molecule has 0 radical (unpaired) electrons. The van der Waals surface area contributed by atoms with Gasteiger partial charge in [-0.1, -0.05) is 30.3 Å². The molecule has 0 spiro atoms. The van der Waals surface area contributed by atoms with Crippen molar-refractivity contribution in [2.45, 2.75) is 19.9 Å². The Morgan fingerprint density at radius 2 is 1.80 bits per heavy atom. The number of carbonyl (C=O) groups excluding carboxylic acids is 2. The van der Waals surface area contributed by atoms with Gasteiger partial charge in [-0.05, 0) is 18.6 Å². The lowest BCUT2D eigenvalue weighted by Crippen LogP contribution is -2.42. The lowest BCUT2D eigenvalue weighted by molar-refractivity contribution is -0.140. The number of aliphatic carboxylic acids is 1. The standard InChI is InChI=1S/C14H16N2O4/c1-9(14(19)20)15-13(18)12(16-10(2)17)8-11-6-4-3-5-7-11/h3-9H,1-2H3,(H,15,18)(H,16,17)(H,19,20)/b12-8+. The molecule has 0 aliphatic rings. The van der Waals surface area contributed by atoms with Crippen molar-refractivity contribution in [3.63, 3.8) is 0 Å². The van der Waals surface area contributed by atoms with Crippen LogP contribution >= 0.6 is 0 Å². The third-order valence-corrected chi connectivity index (χ3v) is 2.38. The van der Waals surface area contributed by atoms with Gasteiger partial charge in [-0.3, -0.25) is 14.4 Å². The first-order chi connectivity index (χ1) is 9.40. The molecule has 2 amide bonds. The fourth-order valence-corrected chi connectivity index (χ4v) is 1.40. The molecule has 1 atom stereocenters. The highest BCUT2D eigenvalue weighted by molar-refractivity contribution is 6.02. The molecule has 106 valence electrons. The zero-order valence-electron chi connectivity index (χ0n) is 11.2. The summed E-state index contributed by atoms with van der Waals surface area (Å²) in [5.74, 6) is -2.22. The number of benzene rings is 1. The minimum atomic E-state index is -1.15. The first-order valence-corrected chi connectivity index (χ1v) is 5.98. The molecule has 6 nitrogen and oxygen atoms in total. The highest BCUT2D eigenvalue weighted by atomic mass is 16.4. The van der Waals surface area contributed by atoms with Crippen molar-refractivity contribution in [1.29, 1.82) is 0 Å². The number of amides is 2. The van der Waals surface area contributed by atoms with E-state index in [9.17, 15) is 14.4 Å². The molecule has 0 aliphatic heterocycles. The number of carboxylic acids is 1. The van der Waals surface area contributed by atoms with Crippen LogP contribution in [-0.2, 0) is 14.4 Å². The quantitative estimate of drug-likeness (QED) is 0.692. The molecule has 3 N–H and O–H groups in total. The van der Waals surface area contributed by atoms with Crippen molar-refractivity contribution >= 4 is 23.9 Å². The summed E-state index contributed by atoms with van der Waals surface area (Å²) < 4.78 is 0. The van der Waals surface area contributed by atoms with Crippen LogP contribution in [0.2, 0.25) is 0 Å². The topological polar surface area (TPSA) is 95.5 Å². The van der Waals surface area contributed by atoms with Gasteiger partial charge in [-0.2, -0.15) is 0 Å². The summed E-state index contributed by atoms with van der Waals surface area (Å²) in [6, 6.07) is 7.87. The van der Waals surface area contributed by atoms with Crippen LogP contribution in [0.1, 0.15) is 19.4 Å². The summed E-state index contributed by atoms with van der Waals surface area (Å²) in [5, 5.41) is 13.4. The van der Waals surface area contributed by atoms with Crippen LogP contribution in [0.3, 0.4) is 0 Å². The average molecular weight is 276 g/mol. The number of hydrogen-bond acceptors (Lipinski definition) is 3. The Hall–Kier alpha value is -2.63. The van der Waals surface area contributed by atoms with Gasteiger partial charge in [0.1, 0.15) is 11.7 Å². The van der Waals surface area contributed by atoms with Crippen LogP contribution in [-0.4, -0.2) is 28.9 Å². The van der Waals surface area contributed by atoms with Crippen molar-refractivity contribution in [1.82, 2.24) is 10.6 Å². The highest BCUT2D eigenvalue weighted by Crippen LogP contribution is 2.05.